The van der Waals surface area contributed by atoms with Gasteiger partial charge in [-0.1, -0.05) is 0 Å². The van der Waals surface area contributed by atoms with Gasteiger partial charge in [-0.15, -0.1) is 11.3 Å². The van der Waals surface area contributed by atoms with Crippen molar-refractivity contribution in [1.29, 1.82) is 0 Å². The number of rotatable bonds is 1. The van der Waals surface area contributed by atoms with Crippen LogP contribution in [0.5, 0.6) is 0 Å². The zero-order chi connectivity index (χ0) is 9.42. The Labute approximate surface area is 84.6 Å². The molecule has 0 saturated carbocycles. The van der Waals surface area contributed by atoms with Gasteiger partial charge in [0.1, 0.15) is 0 Å². The molecule has 2 rings (SSSR count). The van der Waals surface area contributed by atoms with Gasteiger partial charge in [0.05, 0.1) is 12.2 Å². The third-order valence-electron chi connectivity index (χ3n) is 1.64. The molecule has 1 fully saturated rings. The minimum Gasteiger partial charge on any atom is -0.353 e. The van der Waals surface area contributed by atoms with E-state index in [1.807, 2.05) is 12.3 Å². The molecule has 1 aliphatic rings. The van der Waals surface area contributed by atoms with Crippen molar-refractivity contribution < 1.29 is 4.79 Å². The lowest BCUT2D eigenvalue weighted by Crippen LogP contribution is -2.30. The lowest BCUT2D eigenvalue weighted by atomic mass is 10.6. The number of anilines is 1. The SMILES string of the molecule is Cc1csc(N2C(=O)CNC2=S)n1. The number of nitrogens with zero attached hydrogens (tertiary/aromatic N) is 2. The molecular formula is C7H7N3OS2. The number of amides is 1. The summed E-state index contributed by atoms with van der Waals surface area (Å²) in [5, 5.41) is 5.79. The minimum atomic E-state index is -0.0423. The fourth-order valence-electron chi connectivity index (χ4n) is 1.06. The van der Waals surface area contributed by atoms with Crippen molar-refractivity contribution >= 4 is 39.7 Å². The summed E-state index contributed by atoms with van der Waals surface area (Å²) in [5.74, 6) is -0.0423. The second-order valence-electron chi connectivity index (χ2n) is 2.66. The van der Waals surface area contributed by atoms with Crippen LogP contribution >= 0.6 is 23.6 Å². The van der Waals surface area contributed by atoms with Crippen LogP contribution in [-0.2, 0) is 4.79 Å². The van der Waals surface area contributed by atoms with E-state index in [1.165, 1.54) is 16.2 Å². The predicted octanol–water partition coefficient (Wildman–Crippen LogP) is 0.673. The molecule has 0 spiro atoms. The number of aryl methyl sites for hydroxylation is 1. The molecule has 0 bridgehead atoms. The first-order valence-electron chi connectivity index (χ1n) is 3.71. The Balaban J connectivity index is 2.35. The Kier molecular flexibility index (Phi) is 2.01. The molecule has 68 valence electrons. The Bertz CT molecular complexity index is 358. The Morgan fingerprint density at radius 1 is 1.77 bits per heavy atom. The number of thiazole rings is 1. The summed E-state index contributed by atoms with van der Waals surface area (Å²) >= 11 is 6.39. The van der Waals surface area contributed by atoms with Crippen LogP contribution < -0.4 is 10.2 Å². The number of thiocarbonyl (C=S) groups is 1. The quantitative estimate of drug-likeness (QED) is 0.697. The van der Waals surface area contributed by atoms with Gasteiger partial charge in [-0.05, 0) is 19.1 Å². The molecular weight excluding hydrogens is 206 g/mol. The maximum Gasteiger partial charge on any atom is 0.254 e. The second-order valence-corrected chi connectivity index (χ2v) is 3.88. The summed E-state index contributed by atoms with van der Waals surface area (Å²) in [6.07, 6.45) is 0. The summed E-state index contributed by atoms with van der Waals surface area (Å²) in [4.78, 5) is 17.0. The van der Waals surface area contributed by atoms with Crippen molar-refractivity contribution in [2.45, 2.75) is 6.92 Å². The summed E-state index contributed by atoms with van der Waals surface area (Å²) < 4.78 is 0. The van der Waals surface area contributed by atoms with Crippen LogP contribution in [0.1, 0.15) is 5.69 Å². The maximum absolute atomic E-state index is 11.3. The lowest BCUT2D eigenvalue weighted by molar-refractivity contribution is -0.115. The first-order valence-corrected chi connectivity index (χ1v) is 5.00. The molecule has 1 aromatic rings. The predicted molar refractivity (Wildman–Crippen MR) is 54.9 cm³/mol. The van der Waals surface area contributed by atoms with Crippen molar-refractivity contribution in [2.75, 3.05) is 11.4 Å². The molecule has 4 nitrogen and oxygen atoms in total. The summed E-state index contributed by atoms with van der Waals surface area (Å²) in [6.45, 7) is 2.16. The molecule has 1 aliphatic heterocycles. The van der Waals surface area contributed by atoms with E-state index in [0.29, 0.717) is 10.2 Å². The molecule has 0 radical (unpaired) electrons. The highest BCUT2D eigenvalue weighted by Crippen LogP contribution is 2.21. The van der Waals surface area contributed by atoms with Gasteiger partial charge in [-0.25, -0.2) is 9.88 Å². The minimum absolute atomic E-state index is 0.0423. The zero-order valence-corrected chi connectivity index (χ0v) is 8.54. The van der Waals surface area contributed by atoms with E-state index in [9.17, 15) is 4.79 Å². The maximum atomic E-state index is 11.3. The van der Waals surface area contributed by atoms with Crippen LogP contribution in [0.15, 0.2) is 5.38 Å². The summed E-state index contributed by atoms with van der Waals surface area (Å²) in [7, 11) is 0. The smallest absolute Gasteiger partial charge is 0.254 e. The molecule has 1 amide bonds. The topological polar surface area (TPSA) is 45.2 Å². The highest BCUT2D eigenvalue weighted by atomic mass is 32.1. The van der Waals surface area contributed by atoms with Gasteiger partial charge in [0.25, 0.3) is 5.91 Å². The van der Waals surface area contributed by atoms with Gasteiger partial charge in [0.2, 0.25) is 0 Å². The number of carbonyl (C=O) groups excluding carboxylic acids is 1. The fourth-order valence-corrected chi connectivity index (χ4v) is 2.20. The van der Waals surface area contributed by atoms with Gasteiger partial charge in [-0.2, -0.15) is 0 Å². The van der Waals surface area contributed by atoms with Crippen LogP contribution in [-0.4, -0.2) is 22.5 Å². The van der Waals surface area contributed by atoms with Gasteiger partial charge in [0.15, 0.2) is 10.2 Å². The number of carbonyl (C=O) groups is 1. The van der Waals surface area contributed by atoms with Crippen LogP contribution in [0.25, 0.3) is 0 Å². The molecule has 0 aliphatic carbocycles. The van der Waals surface area contributed by atoms with E-state index in [4.69, 9.17) is 12.2 Å². The third kappa shape index (κ3) is 1.42. The highest BCUT2D eigenvalue weighted by Gasteiger charge is 2.28. The Hall–Kier alpha value is -1.01. The van der Waals surface area contributed by atoms with Crippen molar-refractivity contribution in [2.24, 2.45) is 0 Å². The molecule has 2 heterocycles. The van der Waals surface area contributed by atoms with Crippen molar-refractivity contribution in [1.82, 2.24) is 10.3 Å². The fraction of sp³-hybridized carbons (Fsp3) is 0.286. The molecule has 1 N–H and O–H groups in total. The van der Waals surface area contributed by atoms with E-state index in [0.717, 1.165) is 5.69 Å². The third-order valence-corrected chi connectivity index (χ3v) is 2.91. The Morgan fingerprint density at radius 3 is 3.00 bits per heavy atom. The van der Waals surface area contributed by atoms with Crippen molar-refractivity contribution in [3.8, 4) is 0 Å². The van der Waals surface area contributed by atoms with Crippen molar-refractivity contribution in [3.63, 3.8) is 0 Å². The van der Waals surface area contributed by atoms with E-state index in [2.05, 4.69) is 10.3 Å². The standard InChI is InChI=1S/C7H7N3OS2/c1-4-3-13-7(9-4)10-5(11)2-8-6(10)12/h3H,2H2,1H3,(H,8,12). The second kappa shape index (κ2) is 3.04. The molecule has 0 aromatic carbocycles. The largest absolute Gasteiger partial charge is 0.353 e. The number of nitrogens with one attached hydrogen (secondary N) is 1. The van der Waals surface area contributed by atoms with Gasteiger partial charge < -0.3 is 5.32 Å². The first-order chi connectivity index (χ1) is 6.18. The molecule has 6 heteroatoms. The zero-order valence-electron chi connectivity index (χ0n) is 6.90. The van der Waals surface area contributed by atoms with E-state index in [-0.39, 0.29) is 12.5 Å². The molecule has 0 atom stereocenters. The van der Waals surface area contributed by atoms with Crippen LogP contribution in [0.3, 0.4) is 0 Å². The monoisotopic (exact) mass is 213 g/mol. The van der Waals surface area contributed by atoms with Crippen LogP contribution in [0.4, 0.5) is 5.13 Å². The number of hydrogen-bond acceptors (Lipinski definition) is 4. The van der Waals surface area contributed by atoms with Crippen LogP contribution in [0.2, 0.25) is 0 Å². The summed E-state index contributed by atoms with van der Waals surface area (Å²) in [5.41, 5.74) is 0.905. The molecule has 13 heavy (non-hydrogen) atoms. The molecule has 1 saturated heterocycles. The first kappa shape index (κ1) is 8.58. The van der Waals surface area contributed by atoms with Crippen molar-refractivity contribution in [3.05, 3.63) is 11.1 Å². The number of hydrogen-bond donors (Lipinski definition) is 1. The average molecular weight is 213 g/mol. The lowest BCUT2D eigenvalue weighted by Gasteiger charge is -2.09. The van der Waals surface area contributed by atoms with Gasteiger partial charge >= 0.3 is 0 Å². The summed E-state index contributed by atoms with van der Waals surface area (Å²) in [6, 6.07) is 0. The van der Waals surface area contributed by atoms with E-state index < -0.39 is 0 Å². The normalized spacial score (nSPS) is 16.5. The van der Waals surface area contributed by atoms with E-state index in [1.54, 1.807) is 0 Å². The highest BCUT2D eigenvalue weighted by molar-refractivity contribution is 7.80. The van der Waals surface area contributed by atoms with E-state index >= 15 is 0 Å². The van der Waals surface area contributed by atoms with Crippen LogP contribution in [0, 0.1) is 6.92 Å². The molecule has 1 aromatic heterocycles. The van der Waals surface area contributed by atoms with Gasteiger partial charge in [-0.3, -0.25) is 4.79 Å². The molecule has 0 unspecified atom stereocenters. The number of aromatic nitrogens is 1. The van der Waals surface area contributed by atoms with Gasteiger partial charge in [0, 0.05) is 5.38 Å². The average Bonchev–Trinajstić information content (AvgIpc) is 2.60. The Morgan fingerprint density at radius 2 is 2.54 bits per heavy atom.